The Morgan fingerprint density at radius 2 is 1.84 bits per heavy atom. The van der Waals surface area contributed by atoms with E-state index in [9.17, 15) is 21.6 Å². The molecule has 0 heterocycles. The first-order chi connectivity index (χ1) is 8.70. The molecule has 0 spiro atoms. The van der Waals surface area contributed by atoms with Gasteiger partial charge in [0, 0.05) is 18.7 Å². The van der Waals surface area contributed by atoms with E-state index >= 15 is 0 Å². The number of alkyl halides is 3. The third kappa shape index (κ3) is 6.44. The predicted octanol–water partition coefficient (Wildman–Crippen LogP) is 2.03. The van der Waals surface area contributed by atoms with Gasteiger partial charge in [0.25, 0.3) is 0 Å². The second kappa shape index (κ2) is 6.25. The molecule has 1 aromatic carbocycles. The molecule has 0 saturated heterocycles. The number of nitrogen functional groups attached to an aromatic ring is 1. The van der Waals surface area contributed by atoms with Gasteiger partial charge in [-0.25, -0.2) is 13.1 Å². The Balaban J connectivity index is 2.47. The summed E-state index contributed by atoms with van der Waals surface area (Å²) in [6.07, 6.45) is -5.56. The molecule has 19 heavy (non-hydrogen) atoms. The van der Waals surface area contributed by atoms with Gasteiger partial charge >= 0.3 is 6.18 Å². The molecule has 0 radical (unpaired) electrons. The van der Waals surface area contributed by atoms with Gasteiger partial charge in [-0.15, -0.1) is 0 Å². The Hall–Kier alpha value is -1.28. The third-order valence-electron chi connectivity index (χ3n) is 2.36. The Bertz CT molecular complexity index is 515. The maximum Gasteiger partial charge on any atom is 0.389 e. The minimum Gasteiger partial charge on any atom is -0.398 e. The summed E-state index contributed by atoms with van der Waals surface area (Å²) >= 11 is 0. The quantitative estimate of drug-likeness (QED) is 0.623. The highest BCUT2D eigenvalue weighted by Gasteiger charge is 2.26. The van der Waals surface area contributed by atoms with Gasteiger partial charge in [-0.1, -0.05) is 18.2 Å². The standard InChI is InChI=1S/C11H15F3N2O2S/c12-11(13,14)6-3-7-16-19(17,18)8-9-4-1-2-5-10(9)15/h1-2,4-5,16H,3,6-8,15H2. The van der Waals surface area contributed by atoms with Gasteiger partial charge in [0.2, 0.25) is 10.0 Å². The number of halogens is 3. The fourth-order valence-electron chi connectivity index (χ4n) is 1.44. The van der Waals surface area contributed by atoms with Crippen LogP contribution in [0.5, 0.6) is 0 Å². The Kier molecular flexibility index (Phi) is 5.19. The average molecular weight is 296 g/mol. The lowest BCUT2D eigenvalue weighted by Crippen LogP contribution is -2.27. The van der Waals surface area contributed by atoms with Crippen molar-refractivity contribution in [3.05, 3.63) is 29.8 Å². The lowest BCUT2D eigenvalue weighted by Gasteiger charge is -2.09. The lowest BCUT2D eigenvalue weighted by molar-refractivity contribution is -0.135. The van der Waals surface area contributed by atoms with Crippen molar-refractivity contribution in [3.8, 4) is 0 Å². The maximum absolute atomic E-state index is 11.9. The number of nitrogens with two attached hydrogens (primary N) is 1. The van der Waals surface area contributed by atoms with Gasteiger partial charge in [-0.05, 0) is 18.1 Å². The molecule has 1 rings (SSSR count). The van der Waals surface area contributed by atoms with Crippen molar-refractivity contribution in [2.45, 2.75) is 24.8 Å². The number of benzene rings is 1. The molecular formula is C11H15F3N2O2S. The van der Waals surface area contributed by atoms with Gasteiger partial charge < -0.3 is 5.73 Å². The summed E-state index contributed by atoms with van der Waals surface area (Å²) in [5.74, 6) is -0.342. The number of para-hydroxylation sites is 1. The van der Waals surface area contributed by atoms with E-state index in [2.05, 4.69) is 4.72 Å². The van der Waals surface area contributed by atoms with Crippen LogP contribution in [0.3, 0.4) is 0 Å². The smallest absolute Gasteiger partial charge is 0.389 e. The van der Waals surface area contributed by atoms with Crippen molar-refractivity contribution >= 4 is 15.7 Å². The summed E-state index contributed by atoms with van der Waals surface area (Å²) in [7, 11) is -3.67. The highest BCUT2D eigenvalue weighted by Crippen LogP contribution is 2.21. The molecule has 108 valence electrons. The van der Waals surface area contributed by atoms with E-state index in [1.165, 1.54) is 0 Å². The first-order valence-electron chi connectivity index (χ1n) is 5.57. The zero-order valence-electron chi connectivity index (χ0n) is 10.1. The van der Waals surface area contributed by atoms with E-state index in [1.807, 2.05) is 0 Å². The molecule has 0 atom stereocenters. The van der Waals surface area contributed by atoms with Crippen molar-refractivity contribution in [1.29, 1.82) is 0 Å². The Morgan fingerprint density at radius 3 is 2.42 bits per heavy atom. The monoisotopic (exact) mass is 296 g/mol. The molecule has 0 saturated carbocycles. The third-order valence-corrected chi connectivity index (χ3v) is 3.69. The Morgan fingerprint density at radius 1 is 1.21 bits per heavy atom. The SMILES string of the molecule is Nc1ccccc1CS(=O)(=O)NCCCC(F)(F)F. The molecule has 0 aliphatic carbocycles. The molecule has 0 fully saturated rings. The lowest BCUT2D eigenvalue weighted by atomic mass is 10.2. The summed E-state index contributed by atoms with van der Waals surface area (Å²) < 4.78 is 61.0. The van der Waals surface area contributed by atoms with E-state index in [1.54, 1.807) is 24.3 Å². The first-order valence-corrected chi connectivity index (χ1v) is 7.22. The molecule has 0 unspecified atom stereocenters. The number of sulfonamides is 1. The van der Waals surface area contributed by atoms with Crippen LogP contribution >= 0.6 is 0 Å². The van der Waals surface area contributed by atoms with Crippen LogP contribution in [0.25, 0.3) is 0 Å². The molecule has 0 aromatic heterocycles. The normalized spacial score (nSPS) is 12.6. The molecule has 8 heteroatoms. The van der Waals surface area contributed by atoms with Crippen LogP contribution in [0.1, 0.15) is 18.4 Å². The molecular weight excluding hydrogens is 281 g/mol. The summed E-state index contributed by atoms with van der Waals surface area (Å²) in [6.45, 7) is -0.241. The van der Waals surface area contributed by atoms with Crippen LogP contribution < -0.4 is 10.5 Å². The van der Waals surface area contributed by atoms with Gasteiger partial charge in [-0.3, -0.25) is 0 Å². The van der Waals surface area contributed by atoms with Crippen molar-refractivity contribution < 1.29 is 21.6 Å². The largest absolute Gasteiger partial charge is 0.398 e. The van der Waals surface area contributed by atoms with Gasteiger partial charge in [0.1, 0.15) is 0 Å². The highest BCUT2D eigenvalue weighted by atomic mass is 32.2. The number of hydrogen-bond donors (Lipinski definition) is 2. The number of anilines is 1. The van der Waals surface area contributed by atoms with Crippen LogP contribution in [-0.2, 0) is 15.8 Å². The average Bonchev–Trinajstić information content (AvgIpc) is 2.26. The summed E-state index contributed by atoms with van der Waals surface area (Å²) in [5.41, 5.74) is 6.36. The van der Waals surface area contributed by atoms with Gasteiger partial charge in [0.15, 0.2) is 0 Å². The summed E-state index contributed by atoms with van der Waals surface area (Å²) in [4.78, 5) is 0. The van der Waals surface area contributed by atoms with E-state index in [4.69, 9.17) is 5.73 Å². The molecule has 0 aliphatic heterocycles. The van der Waals surface area contributed by atoms with Crippen LogP contribution in [-0.4, -0.2) is 21.1 Å². The molecule has 4 nitrogen and oxygen atoms in total. The maximum atomic E-state index is 11.9. The van der Waals surface area contributed by atoms with Crippen LogP contribution in [0.2, 0.25) is 0 Å². The molecule has 1 aromatic rings. The van der Waals surface area contributed by atoms with Crippen molar-refractivity contribution in [2.24, 2.45) is 0 Å². The van der Waals surface area contributed by atoms with Gasteiger partial charge in [-0.2, -0.15) is 13.2 Å². The van der Waals surface area contributed by atoms with E-state index < -0.39 is 22.6 Å². The van der Waals surface area contributed by atoms with Crippen molar-refractivity contribution in [3.63, 3.8) is 0 Å². The number of rotatable bonds is 6. The predicted molar refractivity (Wildman–Crippen MR) is 66.8 cm³/mol. The van der Waals surface area contributed by atoms with Crippen LogP contribution in [0, 0.1) is 0 Å². The van der Waals surface area contributed by atoms with Crippen LogP contribution in [0.4, 0.5) is 18.9 Å². The second-order valence-corrected chi connectivity index (χ2v) is 5.88. The topological polar surface area (TPSA) is 72.2 Å². The first kappa shape index (κ1) is 15.8. The molecule has 3 N–H and O–H groups in total. The zero-order chi connectivity index (χ0) is 14.5. The second-order valence-electron chi connectivity index (χ2n) is 4.07. The summed E-state index contributed by atoms with van der Waals surface area (Å²) in [5, 5.41) is 0. The van der Waals surface area contributed by atoms with E-state index in [0.717, 1.165) is 0 Å². The molecule has 0 amide bonds. The highest BCUT2D eigenvalue weighted by molar-refractivity contribution is 7.88. The zero-order valence-corrected chi connectivity index (χ0v) is 10.9. The fourth-order valence-corrected chi connectivity index (χ4v) is 2.67. The van der Waals surface area contributed by atoms with Crippen molar-refractivity contribution in [1.82, 2.24) is 4.72 Å². The van der Waals surface area contributed by atoms with E-state index in [0.29, 0.717) is 11.3 Å². The molecule has 0 bridgehead atoms. The minimum absolute atomic E-state index is 0.241. The number of hydrogen-bond acceptors (Lipinski definition) is 3. The van der Waals surface area contributed by atoms with E-state index in [-0.39, 0.29) is 18.7 Å². The number of nitrogens with one attached hydrogen (secondary N) is 1. The Labute approximate surface area is 109 Å². The molecule has 0 aliphatic rings. The van der Waals surface area contributed by atoms with Crippen molar-refractivity contribution in [2.75, 3.05) is 12.3 Å². The van der Waals surface area contributed by atoms with Crippen LogP contribution in [0.15, 0.2) is 24.3 Å². The fraction of sp³-hybridized carbons (Fsp3) is 0.455. The minimum atomic E-state index is -4.27. The summed E-state index contributed by atoms with van der Waals surface area (Å²) in [6, 6.07) is 6.44. The van der Waals surface area contributed by atoms with Gasteiger partial charge in [0.05, 0.1) is 5.75 Å².